The van der Waals surface area contributed by atoms with E-state index in [1.807, 2.05) is 12.1 Å². The van der Waals surface area contributed by atoms with Crippen molar-refractivity contribution < 1.29 is 9.50 Å². The van der Waals surface area contributed by atoms with Crippen LogP contribution in [-0.4, -0.2) is 23.3 Å². The van der Waals surface area contributed by atoms with Gasteiger partial charge in [-0.05, 0) is 57.1 Å². The van der Waals surface area contributed by atoms with E-state index in [9.17, 15) is 9.50 Å². The molecule has 1 aromatic rings. The summed E-state index contributed by atoms with van der Waals surface area (Å²) >= 11 is 0. The van der Waals surface area contributed by atoms with Crippen LogP contribution in [0.5, 0.6) is 0 Å². The molecular formula is C16H24FNO. The molecule has 0 radical (unpaired) electrons. The van der Waals surface area contributed by atoms with E-state index in [-0.39, 0.29) is 11.9 Å². The molecule has 0 heterocycles. The fourth-order valence-corrected chi connectivity index (χ4v) is 2.80. The second-order valence-corrected chi connectivity index (χ2v) is 5.70. The van der Waals surface area contributed by atoms with Gasteiger partial charge in [0.25, 0.3) is 0 Å². The molecule has 1 unspecified atom stereocenters. The number of aliphatic hydroxyl groups excluding tert-OH is 1. The fourth-order valence-electron chi connectivity index (χ4n) is 2.80. The van der Waals surface area contributed by atoms with Gasteiger partial charge in [0, 0.05) is 12.1 Å². The summed E-state index contributed by atoms with van der Waals surface area (Å²) in [5, 5.41) is 13.1. The average molecular weight is 265 g/mol. The van der Waals surface area contributed by atoms with E-state index in [0.29, 0.717) is 12.1 Å². The number of nitrogens with one attached hydrogen (secondary N) is 1. The number of aliphatic hydroxyl groups is 1. The Morgan fingerprint density at radius 1 is 1.26 bits per heavy atom. The topological polar surface area (TPSA) is 32.3 Å². The summed E-state index contributed by atoms with van der Waals surface area (Å²) in [5.41, 5.74) is 0.801. The van der Waals surface area contributed by atoms with Crippen LogP contribution in [0.4, 0.5) is 4.39 Å². The van der Waals surface area contributed by atoms with E-state index in [4.69, 9.17) is 0 Å². The van der Waals surface area contributed by atoms with Gasteiger partial charge < -0.3 is 10.4 Å². The second kappa shape index (κ2) is 7.01. The number of hydrogen-bond acceptors (Lipinski definition) is 2. The van der Waals surface area contributed by atoms with Gasteiger partial charge in [-0.2, -0.15) is 0 Å². The Hall–Kier alpha value is -0.930. The number of hydrogen-bond donors (Lipinski definition) is 2. The highest BCUT2D eigenvalue weighted by Gasteiger charge is 2.20. The van der Waals surface area contributed by atoms with Crippen molar-refractivity contribution in [3.05, 3.63) is 35.6 Å². The van der Waals surface area contributed by atoms with Crippen LogP contribution in [0.1, 0.15) is 44.6 Å². The number of halogens is 1. The summed E-state index contributed by atoms with van der Waals surface area (Å²) in [6.07, 6.45) is 5.51. The third kappa shape index (κ3) is 4.59. The van der Waals surface area contributed by atoms with E-state index in [2.05, 4.69) is 12.2 Å². The first kappa shape index (κ1) is 14.5. The van der Waals surface area contributed by atoms with Gasteiger partial charge in [0.2, 0.25) is 0 Å². The van der Waals surface area contributed by atoms with Crippen LogP contribution < -0.4 is 5.32 Å². The molecule has 2 nitrogen and oxygen atoms in total. The molecule has 1 saturated carbocycles. The van der Waals surface area contributed by atoms with Crippen molar-refractivity contribution in [1.29, 1.82) is 0 Å². The monoisotopic (exact) mass is 265 g/mol. The molecule has 0 bridgehead atoms. The third-order valence-electron chi connectivity index (χ3n) is 4.02. The highest BCUT2D eigenvalue weighted by molar-refractivity contribution is 5.17. The molecule has 2 rings (SSSR count). The summed E-state index contributed by atoms with van der Waals surface area (Å²) < 4.78 is 13.5. The molecule has 1 aliphatic rings. The van der Waals surface area contributed by atoms with Crippen LogP contribution in [-0.2, 0) is 6.42 Å². The normalized spacial score (nSPS) is 25.2. The lowest BCUT2D eigenvalue weighted by molar-refractivity contribution is 0.114. The van der Waals surface area contributed by atoms with Crippen LogP contribution in [0.2, 0.25) is 0 Å². The van der Waals surface area contributed by atoms with Crippen molar-refractivity contribution in [1.82, 2.24) is 5.32 Å². The summed E-state index contributed by atoms with van der Waals surface area (Å²) in [6.45, 7) is 2.16. The smallest absolute Gasteiger partial charge is 0.126 e. The SMILES string of the molecule is CC(CCc1ccccc1F)NC1CCC(O)CC1. The van der Waals surface area contributed by atoms with Crippen molar-refractivity contribution in [2.24, 2.45) is 0 Å². The van der Waals surface area contributed by atoms with E-state index < -0.39 is 0 Å². The predicted octanol–water partition coefficient (Wildman–Crippen LogP) is 3.04. The van der Waals surface area contributed by atoms with Crippen molar-refractivity contribution in [3.8, 4) is 0 Å². The third-order valence-corrected chi connectivity index (χ3v) is 4.02. The summed E-state index contributed by atoms with van der Waals surface area (Å²) in [7, 11) is 0. The van der Waals surface area contributed by atoms with Gasteiger partial charge in [0.15, 0.2) is 0 Å². The maximum absolute atomic E-state index is 13.5. The van der Waals surface area contributed by atoms with Crippen LogP contribution in [0.25, 0.3) is 0 Å². The van der Waals surface area contributed by atoms with Gasteiger partial charge in [0.1, 0.15) is 5.82 Å². The Morgan fingerprint density at radius 3 is 2.63 bits per heavy atom. The van der Waals surface area contributed by atoms with Crippen LogP contribution in [0.3, 0.4) is 0 Å². The summed E-state index contributed by atoms with van der Waals surface area (Å²) in [6, 6.07) is 7.90. The minimum absolute atomic E-state index is 0.101. The van der Waals surface area contributed by atoms with Crippen molar-refractivity contribution in [2.75, 3.05) is 0 Å². The summed E-state index contributed by atoms with van der Waals surface area (Å²) in [4.78, 5) is 0. The van der Waals surface area contributed by atoms with Gasteiger partial charge in [0.05, 0.1) is 6.10 Å². The summed E-state index contributed by atoms with van der Waals surface area (Å²) in [5.74, 6) is -0.101. The zero-order valence-electron chi connectivity index (χ0n) is 11.6. The lowest BCUT2D eigenvalue weighted by Crippen LogP contribution is -2.40. The molecular weight excluding hydrogens is 241 g/mol. The lowest BCUT2D eigenvalue weighted by Gasteiger charge is -2.29. The Kier molecular flexibility index (Phi) is 5.34. The molecule has 0 spiro atoms. The minimum Gasteiger partial charge on any atom is -0.393 e. The Bertz CT molecular complexity index is 388. The molecule has 19 heavy (non-hydrogen) atoms. The zero-order valence-corrected chi connectivity index (χ0v) is 11.6. The van der Waals surface area contributed by atoms with Gasteiger partial charge in [-0.15, -0.1) is 0 Å². The van der Waals surface area contributed by atoms with Gasteiger partial charge >= 0.3 is 0 Å². The second-order valence-electron chi connectivity index (χ2n) is 5.70. The number of rotatable bonds is 5. The molecule has 0 aliphatic heterocycles. The largest absolute Gasteiger partial charge is 0.393 e. The van der Waals surface area contributed by atoms with Crippen molar-refractivity contribution in [3.63, 3.8) is 0 Å². The predicted molar refractivity (Wildman–Crippen MR) is 75.6 cm³/mol. The maximum Gasteiger partial charge on any atom is 0.126 e. The maximum atomic E-state index is 13.5. The molecule has 0 aromatic heterocycles. The Morgan fingerprint density at radius 2 is 1.95 bits per heavy atom. The Balaban J connectivity index is 1.73. The number of benzene rings is 1. The average Bonchev–Trinajstić information content (AvgIpc) is 2.40. The molecule has 1 aliphatic carbocycles. The molecule has 2 N–H and O–H groups in total. The zero-order chi connectivity index (χ0) is 13.7. The molecule has 0 saturated heterocycles. The van der Waals surface area contributed by atoms with Gasteiger partial charge in [-0.1, -0.05) is 18.2 Å². The van der Waals surface area contributed by atoms with Crippen molar-refractivity contribution >= 4 is 0 Å². The fraction of sp³-hybridized carbons (Fsp3) is 0.625. The van der Waals surface area contributed by atoms with Crippen molar-refractivity contribution in [2.45, 2.75) is 63.6 Å². The van der Waals surface area contributed by atoms with Crippen LogP contribution in [0, 0.1) is 5.82 Å². The molecule has 3 heteroatoms. The van der Waals surface area contributed by atoms with Gasteiger partial charge in [-0.25, -0.2) is 4.39 Å². The standard InChI is InChI=1S/C16H24FNO/c1-12(18-14-8-10-15(19)11-9-14)6-7-13-4-2-3-5-16(13)17/h2-5,12,14-15,18-19H,6-11H2,1H3. The first-order chi connectivity index (χ1) is 9.15. The number of aryl methyl sites for hydroxylation is 1. The molecule has 1 fully saturated rings. The first-order valence-electron chi connectivity index (χ1n) is 7.32. The van der Waals surface area contributed by atoms with E-state index in [1.165, 1.54) is 6.07 Å². The minimum atomic E-state index is -0.105. The highest BCUT2D eigenvalue weighted by atomic mass is 19.1. The van der Waals surface area contributed by atoms with Crippen LogP contribution >= 0.6 is 0 Å². The van der Waals surface area contributed by atoms with Gasteiger partial charge in [-0.3, -0.25) is 0 Å². The Labute approximate surface area is 115 Å². The highest BCUT2D eigenvalue weighted by Crippen LogP contribution is 2.19. The first-order valence-corrected chi connectivity index (χ1v) is 7.32. The van der Waals surface area contributed by atoms with Crippen LogP contribution in [0.15, 0.2) is 24.3 Å². The quantitative estimate of drug-likeness (QED) is 0.857. The van der Waals surface area contributed by atoms with E-state index in [1.54, 1.807) is 6.07 Å². The van der Waals surface area contributed by atoms with E-state index in [0.717, 1.165) is 44.1 Å². The molecule has 1 atom stereocenters. The molecule has 0 amide bonds. The molecule has 1 aromatic carbocycles. The molecule has 106 valence electrons. The van der Waals surface area contributed by atoms with E-state index >= 15 is 0 Å². The lowest BCUT2D eigenvalue weighted by atomic mass is 9.92.